The van der Waals surface area contributed by atoms with Crippen molar-refractivity contribution in [2.75, 3.05) is 0 Å². The first-order chi connectivity index (χ1) is 4.33. The topological polar surface area (TPSA) is 38.4 Å². The van der Waals surface area contributed by atoms with E-state index in [0.29, 0.717) is 0 Å². The van der Waals surface area contributed by atoms with Gasteiger partial charge >= 0.3 is 0 Å². The Morgan fingerprint density at radius 1 is 1.67 bits per heavy atom. The molecule has 0 atom stereocenters. The van der Waals surface area contributed by atoms with E-state index in [9.17, 15) is 0 Å². The molecule has 0 aromatic carbocycles. The van der Waals surface area contributed by atoms with Crippen molar-refractivity contribution in [2.45, 2.75) is 32.6 Å². The van der Waals surface area contributed by atoms with Crippen LogP contribution in [-0.2, 0) is 0 Å². The fourth-order valence-electron chi connectivity index (χ4n) is 0.884. The molecule has 1 rings (SSSR count). The zero-order valence-corrected chi connectivity index (χ0v) is 5.93. The highest BCUT2D eigenvalue weighted by atomic mass is 15.1. The fraction of sp³-hybridized carbons (Fsp3) is 0.857. The smallest absolute Gasteiger partial charge is 0.0345 e. The third-order valence-corrected chi connectivity index (χ3v) is 1.83. The first kappa shape index (κ1) is 6.59. The molecule has 0 spiro atoms. The molecule has 0 amide bonds. The molecule has 1 saturated carbocycles. The van der Waals surface area contributed by atoms with Gasteiger partial charge in [0.2, 0.25) is 0 Å². The second-order valence-corrected chi connectivity index (χ2v) is 2.85. The van der Waals surface area contributed by atoms with Crippen molar-refractivity contribution in [1.29, 1.82) is 0 Å². The van der Waals surface area contributed by atoms with E-state index in [1.54, 1.807) is 0 Å². The van der Waals surface area contributed by atoms with Crippen LogP contribution < -0.4 is 5.84 Å². The number of hydrazone groups is 1. The number of nitrogens with zero attached hydrogens (tertiary/aromatic N) is 1. The van der Waals surface area contributed by atoms with Crippen LogP contribution >= 0.6 is 0 Å². The van der Waals surface area contributed by atoms with E-state index in [0.717, 1.165) is 18.1 Å². The molecule has 0 radical (unpaired) electrons. The number of nitrogens with two attached hydrogens (primary N) is 1. The maximum absolute atomic E-state index is 5.07. The van der Waals surface area contributed by atoms with Crippen LogP contribution in [0.4, 0.5) is 0 Å². The summed E-state index contributed by atoms with van der Waals surface area (Å²) in [6, 6.07) is 0. The van der Waals surface area contributed by atoms with Crippen LogP contribution in [0.2, 0.25) is 0 Å². The molecule has 1 fully saturated rings. The van der Waals surface area contributed by atoms with Gasteiger partial charge < -0.3 is 5.84 Å². The van der Waals surface area contributed by atoms with Crippen molar-refractivity contribution >= 4 is 5.71 Å². The van der Waals surface area contributed by atoms with Crippen molar-refractivity contribution < 1.29 is 0 Å². The molecule has 2 N–H and O–H groups in total. The van der Waals surface area contributed by atoms with Gasteiger partial charge in [-0.1, -0.05) is 12.8 Å². The van der Waals surface area contributed by atoms with Crippen LogP contribution in [0, 0.1) is 5.92 Å². The van der Waals surface area contributed by atoms with Crippen LogP contribution in [0.5, 0.6) is 0 Å². The summed E-state index contributed by atoms with van der Waals surface area (Å²) in [6.45, 7) is 1.99. The molecule has 0 unspecified atom stereocenters. The van der Waals surface area contributed by atoms with E-state index in [2.05, 4.69) is 5.10 Å². The second-order valence-electron chi connectivity index (χ2n) is 2.85. The molecular formula is C7H14N2. The predicted octanol–water partition coefficient (Wildman–Crippen LogP) is 1.51. The van der Waals surface area contributed by atoms with Gasteiger partial charge in [0.05, 0.1) is 0 Å². The van der Waals surface area contributed by atoms with Gasteiger partial charge in [-0.15, -0.1) is 0 Å². The van der Waals surface area contributed by atoms with Gasteiger partial charge in [0.1, 0.15) is 0 Å². The highest BCUT2D eigenvalue weighted by molar-refractivity contribution is 5.81. The van der Waals surface area contributed by atoms with E-state index in [4.69, 9.17) is 5.84 Å². The molecular weight excluding hydrogens is 112 g/mol. The summed E-state index contributed by atoms with van der Waals surface area (Å²) >= 11 is 0. The maximum atomic E-state index is 5.07. The molecule has 0 bridgehead atoms. The summed E-state index contributed by atoms with van der Waals surface area (Å²) < 4.78 is 0. The molecule has 0 aliphatic heterocycles. The average molecular weight is 126 g/mol. The number of hydrogen-bond acceptors (Lipinski definition) is 2. The molecule has 0 heterocycles. The normalized spacial score (nSPS) is 20.3. The lowest BCUT2D eigenvalue weighted by Gasteiger charge is -1.94. The van der Waals surface area contributed by atoms with Crippen molar-refractivity contribution in [3.8, 4) is 0 Å². The first-order valence-corrected chi connectivity index (χ1v) is 3.56. The van der Waals surface area contributed by atoms with Crippen LogP contribution in [-0.4, -0.2) is 5.71 Å². The van der Waals surface area contributed by atoms with E-state index >= 15 is 0 Å². The van der Waals surface area contributed by atoms with Gasteiger partial charge in [0.25, 0.3) is 0 Å². The number of hydrogen-bond donors (Lipinski definition) is 1. The zero-order chi connectivity index (χ0) is 6.69. The van der Waals surface area contributed by atoms with Gasteiger partial charge in [-0.05, 0) is 25.7 Å². The summed E-state index contributed by atoms with van der Waals surface area (Å²) in [7, 11) is 0. The lowest BCUT2D eigenvalue weighted by molar-refractivity contribution is 0.755. The van der Waals surface area contributed by atoms with Gasteiger partial charge in [-0.3, -0.25) is 0 Å². The Labute approximate surface area is 56.1 Å². The van der Waals surface area contributed by atoms with E-state index in [-0.39, 0.29) is 0 Å². The second kappa shape index (κ2) is 2.85. The van der Waals surface area contributed by atoms with E-state index in [1.807, 2.05) is 6.92 Å². The van der Waals surface area contributed by atoms with Crippen molar-refractivity contribution in [3.63, 3.8) is 0 Å². The monoisotopic (exact) mass is 126 g/mol. The standard InChI is InChI=1S/C7H14N2/c1-6(9-8)2-3-7-4-5-7/h7H,2-5,8H2,1H3/b9-6+. The molecule has 2 nitrogen and oxygen atoms in total. The SMILES string of the molecule is C/C(CCC1CC1)=N\N. The van der Waals surface area contributed by atoms with E-state index < -0.39 is 0 Å². The van der Waals surface area contributed by atoms with Crippen molar-refractivity contribution in [3.05, 3.63) is 0 Å². The fourth-order valence-corrected chi connectivity index (χ4v) is 0.884. The summed E-state index contributed by atoms with van der Waals surface area (Å²) in [4.78, 5) is 0. The zero-order valence-electron chi connectivity index (χ0n) is 5.93. The first-order valence-electron chi connectivity index (χ1n) is 3.56. The molecule has 52 valence electrons. The van der Waals surface area contributed by atoms with Gasteiger partial charge in [-0.2, -0.15) is 5.10 Å². The maximum Gasteiger partial charge on any atom is 0.0345 e. The van der Waals surface area contributed by atoms with Gasteiger partial charge in [0, 0.05) is 5.71 Å². The minimum Gasteiger partial charge on any atom is -0.323 e. The highest BCUT2D eigenvalue weighted by Crippen LogP contribution is 2.33. The van der Waals surface area contributed by atoms with Crippen LogP contribution in [0.3, 0.4) is 0 Å². The Hall–Kier alpha value is -0.530. The summed E-state index contributed by atoms with van der Waals surface area (Å²) in [5.74, 6) is 6.07. The number of rotatable bonds is 3. The largest absolute Gasteiger partial charge is 0.323 e. The Kier molecular flexibility index (Phi) is 2.09. The average Bonchev–Trinajstić information content (AvgIpc) is 2.65. The van der Waals surface area contributed by atoms with Crippen LogP contribution in [0.1, 0.15) is 32.6 Å². The third kappa shape index (κ3) is 2.49. The Bertz CT molecular complexity index is 114. The van der Waals surface area contributed by atoms with Crippen LogP contribution in [0.25, 0.3) is 0 Å². The van der Waals surface area contributed by atoms with Crippen LogP contribution in [0.15, 0.2) is 5.10 Å². The van der Waals surface area contributed by atoms with E-state index in [1.165, 1.54) is 19.3 Å². The molecule has 1 aliphatic carbocycles. The quantitative estimate of drug-likeness (QED) is 0.347. The lowest BCUT2D eigenvalue weighted by atomic mass is 10.2. The Morgan fingerprint density at radius 3 is 2.78 bits per heavy atom. The van der Waals surface area contributed by atoms with Gasteiger partial charge in [-0.25, -0.2) is 0 Å². The molecule has 0 saturated heterocycles. The van der Waals surface area contributed by atoms with Crippen molar-refractivity contribution in [1.82, 2.24) is 0 Å². The summed E-state index contributed by atoms with van der Waals surface area (Å²) in [6.07, 6.45) is 5.25. The molecule has 9 heavy (non-hydrogen) atoms. The molecule has 0 aromatic heterocycles. The molecule has 2 heteroatoms. The Balaban J connectivity index is 2.03. The summed E-state index contributed by atoms with van der Waals surface area (Å²) in [5, 5.41) is 3.60. The molecule has 1 aliphatic rings. The minimum absolute atomic E-state index is 1.00. The molecule has 0 aromatic rings. The van der Waals surface area contributed by atoms with Gasteiger partial charge in [0.15, 0.2) is 0 Å². The van der Waals surface area contributed by atoms with Crippen molar-refractivity contribution in [2.24, 2.45) is 16.9 Å². The Morgan fingerprint density at radius 2 is 2.33 bits per heavy atom. The lowest BCUT2D eigenvalue weighted by Crippen LogP contribution is -1.96. The minimum atomic E-state index is 1.00. The highest BCUT2D eigenvalue weighted by Gasteiger charge is 2.20. The summed E-state index contributed by atoms with van der Waals surface area (Å²) in [5.41, 5.74) is 1.09. The third-order valence-electron chi connectivity index (χ3n) is 1.83. The predicted molar refractivity (Wildman–Crippen MR) is 39.3 cm³/mol.